The van der Waals surface area contributed by atoms with E-state index in [0.29, 0.717) is 6.04 Å². The number of aryl methyl sites for hydroxylation is 1. The van der Waals surface area contributed by atoms with E-state index >= 15 is 0 Å². The Morgan fingerprint density at radius 1 is 1.30 bits per heavy atom. The van der Waals surface area contributed by atoms with Crippen LogP contribution in [0.2, 0.25) is 0 Å². The molecule has 20 heavy (non-hydrogen) atoms. The lowest BCUT2D eigenvalue weighted by atomic mass is 9.90. The van der Waals surface area contributed by atoms with E-state index in [-0.39, 0.29) is 0 Å². The second-order valence-corrected chi connectivity index (χ2v) is 5.59. The summed E-state index contributed by atoms with van der Waals surface area (Å²) in [5.74, 6) is 2.61. The first-order valence-electron chi connectivity index (χ1n) is 7.29. The topological polar surface area (TPSA) is 58.4 Å². The molecule has 0 radical (unpaired) electrons. The average molecular weight is 274 g/mol. The van der Waals surface area contributed by atoms with Crippen molar-refractivity contribution in [3.63, 3.8) is 0 Å². The van der Waals surface area contributed by atoms with Gasteiger partial charge in [-0.25, -0.2) is 4.98 Å². The van der Waals surface area contributed by atoms with Crippen molar-refractivity contribution in [2.45, 2.75) is 32.7 Å². The molecule has 1 aliphatic heterocycles. The lowest BCUT2D eigenvalue weighted by Gasteiger charge is -2.35. The Bertz CT molecular complexity index is 584. The van der Waals surface area contributed by atoms with Crippen LogP contribution < -0.4 is 10.2 Å². The SMILES string of the molecule is CNC(C)C1CCN(c2nccn3c(C)nnc23)CC1. The van der Waals surface area contributed by atoms with Crippen LogP contribution in [0.15, 0.2) is 12.4 Å². The van der Waals surface area contributed by atoms with Gasteiger partial charge < -0.3 is 10.2 Å². The number of fused-ring (bicyclic) bond motifs is 1. The molecular weight excluding hydrogens is 252 g/mol. The average Bonchev–Trinajstić information content (AvgIpc) is 2.88. The van der Waals surface area contributed by atoms with Crippen LogP contribution in [-0.2, 0) is 0 Å². The molecule has 108 valence electrons. The van der Waals surface area contributed by atoms with Crippen molar-refractivity contribution in [3.8, 4) is 0 Å². The molecule has 6 heteroatoms. The van der Waals surface area contributed by atoms with Gasteiger partial charge >= 0.3 is 0 Å². The molecule has 2 aromatic rings. The van der Waals surface area contributed by atoms with Crippen LogP contribution in [0.4, 0.5) is 5.82 Å². The Morgan fingerprint density at radius 3 is 2.75 bits per heavy atom. The number of aromatic nitrogens is 4. The second kappa shape index (κ2) is 5.36. The van der Waals surface area contributed by atoms with Gasteiger partial charge in [0.05, 0.1) is 0 Å². The zero-order chi connectivity index (χ0) is 14.1. The van der Waals surface area contributed by atoms with Crippen LogP contribution in [0.1, 0.15) is 25.6 Å². The van der Waals surface area contributed by atoms with E-state index < -0.39 is 0 Å². The number of anilines is 1. The molecular formula is C14H22N6. The molecule has 0 aromatic carbocycles. The summed E-state index contributed by atoms with van der Waals surface area (Å²) in [7, 11) is 2.04. The minimum absolute atomic E-state index is 0.580. The molecule has 0 spiro atoms. The van der Waals surface area contributed by atoms with Crippen molar-refractivity contribution < 1.29 is 0 Å². The van der Waals surface area contributed by atoms with Crippen LogP contribution in [0.5, 0.6) is 0 Å². The largest absolute Gasteiger partial charge is 0.353 e. The molecule has 6 nitrogen and oxygen atoms in total. The lowest BCUT2D eigenvalue weighted by molar-refractivity contribution is 0.323. The summed E-state index contributed by atoms with van der Waals surface area (Å²) in [6, 6.07) is 0.580. The fraction of sp³-hybridized carbons (Fsp3) is 0.643. The molecule has 1 N–H and O–H groups in total. The zero-order valence-corrected chi connectivity index (χ0v) is 12.4. The van der Waals surface area contributed by atoms with Crippen molar-refractivity contribution in [2.75, 3.05) is 25.0 Å². The maximum atomic E-state index is 4.52. The van der Waals surface area contributed by atoms with Gasteiger partial charge in [-0.05, 0) is 39.7 Å². The van der Waals surface area contributed by atoms with E-state index in [4.69, 9.17) is 0 Å². The molecule has 1 atom stereocenters. The van der Waals surface area contributed by atoms with Crippen molar-refractivity contribution in [1.29, 1.82) is 0 Å². The Balaban J connectivity index is 1.80. The number of nitrogens with one attached hydrogen (secondary N) is 1. The summed E-state index contributed by atoms with van der Waals surface area (Å²) in [5, 5.41) is 11.8. The fourth-order valence-corrected chi connectivity index (χ4v) is 3.00. The molecule has 3 rings (SSSR count). The normalized spacial score (nSPS) is 18.6. The maximum Gasteiger partial charge on any atom is 0.203 e. The standard InChI is InChI=1S/C14H22N6/c1-10(15-3)12-4-7-19(8-5-12)13-14-18-17-11(2)20(14)9-6-16-13/h6,9-10,12,15H,4-5,7-8H2,1-3H3. The summed E-state index contributed by atoms with van der Waals surface area (Å²) in [6.07, 6.45) is 6.14. The van der Waals surface area contributed by atoms with Crippen molar-refractivity contribution in [1.82, 2.24) is 24.9 Å². The Labute approximate surface area is 119 Å². The Morgan fingerprint density at radius 2 is 2.05 bits per heavy atom. The molecule has 0 bridgehead atoms. The number of piperidine rings is 1. The van der Waals surface area contributed by atoms with E-state index in [2.05, 4.69) is 32.3 Å². The second-order valence-electron chi connectivity index (χ2n) is 5.59. The van der Waals surface area contributed by atoms with E-state index in [1.54, 1.807) is 0 Å². The summed E-state index contributed by atoms with van der Waals surface area (Å²) < 4.78 is 2.00. The van der Waals surface area contributed by atoms with Crippen LogP contribution in [0.25, 0.3) is 5.65 Å². The van der Waals surface area contributed by atoms with Gasteiger partial charge in [-0.2, -0.15) is 0 Å². The van der Waals surface area contributed by atoms with Crippen LogP contribution in [0.3, 0.4) is 0 Å². The molecule has 1 unspecified atom stereocenters. The van der Waals surface area contributed by atoms with Crippen molar-refractivity contribution >= 4 is 11.5 Å². The number of hydrogen-bond acceptors (Lipinski definition) is 5. The maximum absolute atomic E-state index is 4.52. The molecule has 1 fully saturated rings. The smallest absolute Gasteiger partial charge is 0.203 e. The molecule has 1 saturated heterocycles. The third-order valence-corrected chi connectivity index (χ3v) is 4.48. The third-order valence-electron chi connectivity index (χ3n) is 4.48. The first-order valence-corrected chi connectivity index (χ1v) is 7.29. The highest BCUT2D eigenvalue weighted by Crippen LogP contribution is 2.26. The van der Waals surface area contributed by atoms with Crippen LogP contribution >= 0.6 is 0 Å². The molecule has 3 heterocycles. The highest BCUT2D eigenvalue weighted by molar-refractivity contribution is 5.63. The van der Waals surface area contributed by atoms with Gasteiger partial charge in [0.25, 0.3) is 0 Å². The van der Waals surface area contributed by atoms with Crippen molar-refractivity contribution in [2.24, 2.45) is 5.92 Å². The number of hydrogen-bond donors (Lipinski definition) is 1. The van der Waals surface area contributed by atoms with Gasteiger partial charge in [-0.3, -0.25) is 4.40 Å². The first-order chi connectivity index (χ1) is 9.70. The van der Waals surface area contributed by atoms with E-state index in [1.807, 2.05) is 30.8 Å². The number of nitrogens with zero attached hydrogens (tertiary/aromatic N) is 5. The lowest BCUT2D eigenvalue weighted by Crippen LogP contribution is -2.41. The van der Waals surface area contributed by atoms with Crippen LogP contribution in [-0.4, -0.2) is 45.8 Å². The summed E-state index contributed by atoms with van der Waals surface area (Å²) in [5.41, 5.74) is 0.866. The highest BCUT2D eigenvalue weighted by Gasteiger charge is 2.25. The summed E-state index contributed by atoms with van der Waals surface area (Å²) in [6.45, 7) is 6.30. The Kier molecular flexibility index (Phi) is 3.56. The fourth-order valence-electron chi connectivity index (χ4n) is 3.00. The van der Waals surface area contributed by atoms with Gasteiger partial charge in [0.1, 0.15) is 5.82 Å². The Hall–Kier alpha value is -1.69. The van der Waals surface area contributed by atoms with Gasteiger partial charge in [-0.15, -0.1) is 10.2 Å². The predicted octanol–water partition coefficient (Wildman–Crippen LogP) is 1.26. The third kappa shape index (κ3) is 2.24. The van der Waals surface area contributed by atoms with Gasteiger partial charge in [0, 0.05) is 31.5 Å². The van der Waals surface area contributed by atoms with Crippen molar-refractivity contribution in [3.05, 3.63) is 18.2 Å². The minimum atomic E-state index is 0.580. The van der Waals surface area contributed by atoms with E-state index in [9.17, 15) is 0 Å². The zero-order valence-electron chi connectivity index (χ0n) is 12.4. The van der Waals surface area contributed by atoms with E-state index in [0.717, 1.165) is 36.3 Å². The molecule has 2 aromatic heterocycles. The predicted molar refractivity (Wildman–Crippen MR) is 79.0 cm³/mol. The highest BCUT2D eigenvalue weighted by atomic mass is 15.3. The van der Waals surface area contributed by atoms with Gasteiger partial charge in [-0.1, -0.05) is 0 Å². The first kappa shape index (κ1) is 13.3. The molecule has 0 amide bonds. The van der Waals surface area contributed by atoms with Crippen LogP contribution in [0, 0.1) is 12.8 Å². The van der Waals surface area contributed by atoms with Gasteiger partial charge in [0.15, 0.2) is 5.82 Å². The monoisotopic (exact) mass is 274 g/mol. The summed E-state index contributed by atoms with van der Waals surface area (Å²) in [4.78, 5) is 6.86. The minimum Gasteiger partial charge on any atom is -0.353 e. The molecule has 0 saturated carbocycles. The number of rotatable bonds is 3. The molecule has 1 aliphatic rings. The van der Waals surface area contributed by atoms with Gasteiger partial charge in [0.2, 0.25) is 5.65 Å². The van der Waals surface area contributed by atoms with E-state index in [1.165, 1.54) is 12.8 Å². The molecule has 0 aliphatic carbocycles. The summed E-state index contributed by atoms with van der Waals surface area (Å²) >= 11 is 0. The quantitative estimate of drug-likeness (QED) is 0.913.